The van der Waals surface area contributed by atoms with E-state index < -0.39 is 5.92 Å². The fourth-order valence-electron chi connectivity index (χ4n) is 1.70. The van der Waals surface area contributed by atoms with Gasteiger partial charge in [0.25, 0.3) is 5.91 Å². The van der Waals surface area contributed by atoms with Crippen LogP contribution in [0.1, 0.15) is 17.3 Å². The van der Waals surface area contributed by atoms with Gasteiger partial charge in [-0.3, -0.25) is 9.59 Å². The predicted molar refractivity (Wildman–Crippen MR) is 91.7 cm³/mol. The molecule has 0 saturated heterocycles. The molecule has 0 aliphatic carbocycles. The normalized spacial score (nSPS) is 11.8. The first-order valence-corrected chi connectivity index (χ1v) is 7.95. The van der Waals surface area contributed by atoms with Gasteiger partial charge < -0.3 is 14.7 Å². The second-order valence-electron chi connectivity index (χ2n) is 4.39. The number of hydrogen-bond donors (Lipinski definition) is 1. The van der Waals surface area contributed by atoms with Gasteiger partial charge in [0.15, 0.2) is 0 Å². The molecule has 110 valence electrons. The van der Waals surface area contributed by atoms with E-state index in [-0.39, 0.29) is 29.7 Å². The van der Waals surface area contributed by atoms with E-state index in [0.717, 1.165) is 3.57 Å². The maximum atomic E-state index is 12.3. The van der Waals surface area contributed by atoms with E-state index in [1.165, 1.54) is 12.0 Å². The number of carbonyl (C=O) groups excluding carboxylic acids is 2. The molecule has 0 heterocycles. The molecule has 0 aliphatic heterocycles. The summed E-state index contributed by atoms with van der Waals surface area (Å²) in [5, 5.41) is 9.98. The molecule has 1 rings (SSSR count). The summed E-state index contributed by atoms with van der Waals surface area (Å²) < 4.78 is 6.11. The SMILES string of the molecule is COC(=O)C(C)CN(C)C(=O)c1cc(I)cc(I)c1O. The second kappa shape index (κ2) is 7.43. The molecule has 0 radical (unpaired) electrons. The summed E-state index contributed by atoms with van der Waals surface area (Å²) in [5.74, 6) is -1.15. The van der Waals surface area contributed by atoms with Gasteiger partial charge in [0.1, 0.15) is 5.75 Å². The summed E-state index contributed by atoms with van der Waals surface area (Å²) in [4.78, 5) is 25.1. The molecule has 1 atom stereocenters. The quantitative estimate of drug-likeness (QED) is 0.507. The number of benzene rings is 1. The number of ether oxygens (including phenoxy) is 1. The van der Waals surface area contributed by atoms with E-state index in [0.29, 0.717) is 3.57 Å². The van der Waals surface area contributed by atoms with Gasteiger partial charge in [0, 0.05) is 17.2 Å². The van der Waals surface area contributed by atoms with Crippen LogP contribution in [0.4, 0.5) is 0 Å². The summed E-state index contributed by atoms with van der Waals surface area (Å²) in [6.45, 7) is 1.92. The van der Waals surface area contributed by atoms with Crippen molar-refractivity contribution in [2.75, 3.05) is 20.7 Å². The van der Waals surface area contributed by atoms with Crippen LogP contribution in [0.25, 0.3) is 0 Å². The first-order valence-electron chi connectivity index (χ1n) is 5.79. The van der Waals surface area contributed by atoms with Crippen molar-refractivity contribution in [1.29, 1.82) is 0 Å². The molecule has 1 amide bonds. The number of amides is 1. The lowest BCUT2D eigenvalue weighted by atomic mass is 10.1. The van der Waals surface area contributed by atoms with Gasteiger partial charge in [-0.05, 0) is 57.3 Å². The van der Waals surface area contributed by atoms with Crippen LogP contribution in [0, 0.1) is 13.1 Å². The Bertz CT molecular complexity index is 533. The fourth-order valence-corrected chi connectivity index (χ4v) is 3.55. The smallest absolute Gasteiger partial charge is 0.310 e. The Morgan fingerprint density at radius 2 is 2.00 bits per heavy atom. The van der Waals surface area contributed by atoms with Crippen molar-refractivity contribution in [1.82, 2.24) is 4.90 Å². The lowest BCUT2D eigenvalue weighted by Crippen LogP contribution is -2.34. The number of phenolic OH excluding ortho intramolecular Hbond substituents is 1. The number of halogens is 2. The minimum Gasteiger partial charge on any atom is -0.506 e. The summed E-state index contributed by atoms with van der Waals surface area (Å²) in [5.41, 5.74) is 0.237. The summed E-state index contributed by atoms with van der Waals surface area (Å²) >= 11 is 4.06. The Balaban J connectivity index is 2.93. The molecule has 0 aliphatic rings. The van der Waals surface area contributed by atoms with Crippen LogP contribution < -0.4 is 0 Å². The average Bonchev–Trinajstić information content (AvgIpc) is 2.40. The van der Waals surface area contributed by atoms with Crippen LogP contribution in [0.3, 0.4) is 0 Å². The third-order valence-corrected chi connectivity index (χ3v) is 4.20. The van der Waals surface area contributed by atoms with Gasteiger partial charge in [-0.1, -0.05) is 6.92 Å². The number of nitrogens with zero attached hydrogens (tertiary/aromatic N) is 1. The van der Waals surface area contributed by atoms with Crippen LogP contribution in [0.2, 0.25) is 0 Å². The number of phenols is 1. The lowest BCUT2D eigenvalue weighted by Gasteiger charge is -2.21. The lowest BCUT2D eigenvalue weighted by molar-refractivity contribution is -0.145. The van der Waals surface area contributed by atoms with Crippen molar-refractivity contribution >= 4 is 57.1 Å². The summed E-state index contributed by atoms with van der Waals surface area (Å²) in [7, 11) is 2.91. The third kappa shape index (κ3) is 4.21. The van der Waals surface area contributed by atoms with Gasteiger partial charge in [-0.15, -0.1) is 0 Å². The molecular weight excluding hydrogens is 488 g/mol. The summed E-state index contributed by atoms with van der Waals surface area (Å²) in [6.07, 6.45) is 0. The van der Waals surface area contributed by atoms with Crippen molar-refractivity contribution in [3.63, 3.8) is 0 Å². The molecule has 0 spiro atoms. The highest BCUT2D eigenvalue weighted by Gasteiger charge is 2.22. The van der Waals surface area contributed by atoms with Crippen molar-refractivity contribution in [3.8, 4) is 5.75 Å². The Morgan fingerprint density at radius 3 is 2.55 bits per heavy atom. The number of esters is 1. The fraction of sp³-hybridized carbons (Fsp3) is 0.385. The Labute approximate surface area is 145 Å². The number of methoxy groups -OCH3 is 1. The number of rotatable bonds is 4. The highest BCUT2D eigenvalue weighted by molar-refractivity contribution is 14.1. The molecular formula is C13H15I2NO4. The molecule has 0 aromatic heterocycles. The van der Waals surface area contributed by atoms with Gasteiger partial charge >= 0.3 is 5.97 Å². The largest absolute Gasteiger partial charge is 0.506 e. The minimum absolute atomic E-state index is 0.0337. The zero-order chi connectivity index (χ0) is 15.4. The maximum Gasteiger partial charge on any atom is 0.310 e. The van der Waals surface area contributed by atoms with E-state index in [4.69, 9.17) is 0 Å². The van der Waals surface area contributed by atoms with Crippen LogP contribution in [0.5, 0.6) is 5.75 Å². The molecule has 1 aromatic carbocycles. The van der Waals surface area contributed by atoms with Crippen molar-refractivity contribution in [2.24, 2.45) is 5.92 Å². The standard InChI is InChI=1S/C13H15I2NO4/c1-7(13(19)20-3)6-16(2)12(18)9-4-8(14)5-10(15)11(9)17/h4-5,7,17H,6H2,1-3H3. The number of aromatic hydroxyl groups is 1. The van der Waals surface area contributed by atoms with Crippen LogP contribution in [-0.2, 0) is 9.53 Å². The highest BCUT2D eigenvalue weighted by Crippen LogP contribution is 2.28. The topological polar surface area (TPSA) is 66.8 Å². The van der Waals surface area contributed by atoms with Crippen molar-refractivity contribution in [3.05, 3.63) is 24.8 Å². The van der Waals surface area contributed by atoms with E-state index >= 15 is 0 Å². The van der Waals surface area contributed by atoms with Crippen molar-refractivity contribution in [2.45, 2.75) is 6.92 Å². The third-order valence-electron chi connectivity index (χ3n) is 2.76. The predicted octanol–water partition coefficient (Wildman–Crippen LogP) is 2.48. The number of carbonyl (C=O) groups is 2. The van der Waals surface area contributed by atoms with E-state index in [2.05, 4.69) is 27.3 Å². The average molecular weight is 503 g/mol. The van der Waals surface area contributed by atoms with E-state index in [9.17, 15) is 14.7 Å². The molecule has 7 heteroatoms. The van der Waals surface area contributed by atoms with Crippen molar-refractivity contribution < 1.29 is 19.4 Å². The van der Waals surface area contributed by atoms with Crippen LogP contribution in [0.15, 0.2) is 12.1 Å². The Hall–Kier alpha value is -0.580. The molecule has 0 fully saturated rings. The zero-order valence-electron chi connectivity index (χ0n) is 11.3. The minimum atomic E-state index is -0.419. The van der Waals surface area contributed by atoms with Crippen LogP contribution >= 0.6 is 45.2 Å². The Kier molecular flexibility index (Phi) is 6.49. The van der Waals surface area contributed by atoms with E-state index in [1.807, 2.05) is 22.6 Å². The first-order chi connectivity index (χ1) is 9.27. The van der Waals surface area contributed by atoms with Crippen LogP contribution in [-0.4, -0.2) is 42.6 Å². The maximum absolute atomic E-state index is 12.3. The van der Waals surface area contributed by atoms with Gasteiger partial charge in [-0.2, -0.15) is 0 Å². The highest BCUT2D eigenvalue weighted by atomic mass is 127. The molecule has 5 nitrogen and oxygen atoms in total. The van der Waals surface area contributed by atoms with Gasteiger partial charge in [0.2, 0.25) is 0 Å². The molecule has 1 aromatic rings. The number of hydrogen-bond acceptors (Lipinski definition) is 4. The second-order valence-corrected chi connectivity index (χ2v) is 6.80. The molecule has 0 bridgehead atoms. The molecule has 1 N–H and O–H groups in total. The molecule has 20 heavy (non-hydrogen) atoms. The Morgan fingerprint density at radius 1 is 1.40 bits per heavy atom. The zero-order valence-corrected chi connectivity index (χ0v) is 15.6. The van der Waals surface area contributed by atoms with E-state index in [1.54, 1.807) is 26.1 Å². The monoisotopic (exact) mass is 503 g/mol. The molecule has 0 saturated carbocycles. The molecule has 1 unspecified atom stereocenters. The van der Waals surface area contributed by atoms with Gasteiger partial charge in [0.05, 0.1) is 22.2 Å². The first kappa shape index (κ1) is 17.5. The van der Waals surface area contributed by atoms with Gasteiger partial charge in [-0.25, -0.2) is 0 Å². The summed E-state index contributed by atoms with van der Waals surface area (Å²) in [6, 6.07) is 3.41.